The van der Waals surface area contributed by atoms with E-state index >= 15 is 0 Å². The number of esters is 1. The van der Waals surface area contributed by atoms with Gasteiger partial charge in [-0.3, -0.25) is 9.78 Å². The van der Waals surface area contributed by atoms with E-state index in [0.29, 0.717) is 11.7 Å². The summed E-state index contributed by atoms with van der Waals surface area (Å²) in [6.07, 6.45) is 1.73. The van der Waals surface area contributed by atoms with Gasteiger partial charge in [0.1, 0.15) is 24.1 Å². The number of aromatic nitrogens is 1. The van der Waals surface area contributed by atoms with Crippen LogP contribution in [0.2, 0.25) is 0 Å². The fourth-order valence-corrected chi connectivity index (χ4v) is 3.15. The summed E-state index contributed by atoms with van der Waals surface area (Å²) in [7, 11) is 0. The molecule has 0 spiro atoms. The third-order valence-corrected chi connectivity index (χ3v) is 4.21. The molecule has 7 heteroatoms. The molecule has 2 aromatic rings. The molecule has 1 aliphatic heterocycles. The molecule has 6 nitrogen and oxygen atoms in total. The van der Waals surface area contributed by atoms with Crippen LogP contribution >= 0.6 is 12.2 Å². The van der Waals surface area contributed by atoms with Gasteiger partial charge in [0.25, 0.3) is 0 Å². The molecule has 1 fully saturated rings. The van der Waals surface area contributed by atoms with Crippen molar-refractivity contribution in [3.8, 4) is 0 Å². The highest BCUT2D eigenvalue weighted by Gasteiger charge is 2.42. The molecule has 1 aliphatic rings. The fraction of sp³-hybridized carbons (Fsp3) is 0.353. The quantitative estimate of drug-likeness (QED) is 0.660. The predicted molar refractivity (Wildman–Crippen MR) is 92.2 cm³/mol. The Labute approximate surface area is 145 Å². The Hall–Kier alpha value is -2.41. The van der Waals surface area contributed by atoms with Crippen LogP contribution in [0.25, 0.3) is 0 Å². The standard InChI is InChI=1S/C17H19N3O3S/c1-3-22-14(21)10-20-16(13-8-7-11(2)23-13)15(19-17(20)24)12-6-4-5-9-18-12/h4-9,15-16H,3,10H2,1-2H3,(H,19,24)/t15-,16-/m0/s1. The molecule has 126 valence electrons. The van der Waals surface area contributed by atoms with Crippen molar-refractivity contribution < 1.29 is 13.9 Å². The molecule has 1 saturated heterocycles. The zero-order chi connectivity index (χ0) is 17.1. The van der Waals surface area contributed by atoms with Crippen LogP contribution < -0.4 is 5.32 Å². The third-order valence-electron chi connectivity index (χ3n) is 3.86. The summed E-state index contributed by atoms with van der Waals surface area (Å²) < 4.78 is 10.9. The number of thiocarbonyl (C=S) groups is 1. The number of hydrogen-bond acceptors (Lipinski definition) is 5. The average Bonchev–Trinajstić information content (AvgIpc) is 3.13. The van der Waals surface area contributed by atoms with Crippen molar-refractivity contribution in [2.75, 3.05) is 13.2 Å². The Morgan fingerprint density at radius 1 is 1.42 bits per heavy atom. The Morgan fingerprint density at radius 3 is 2.88 bits per heavy atom. The highest BCUT2D eigenvalue weighted by Crippen LogP contribution is 2.38. The van der Waals surface area contributed by atoms with Crippen molar-refractivity contribution >= 4 is 23.3 Å². The number of hydrogen-bond donors (Lipinski definition) is 1. The van der Waals surface area contributed by atoms with Gasteiger partial charge in [-0.05, 0) is 50.3 Å². The number of furan rings is 1. The molecule has 3 heterocycles. The van der Waals surface area contributed by atoms with Crippen LogP contribution in [0.1, 0.15) is 36.2 Å². The van der Waals surface area contributed by atoms with Gasteiger partial charge < -0.3 is 19.4 Å². The van der Waals surface area contributed by atoms with E-state index in [1.54, 1.807) is 18.0 Å². The normalized spacial score (nSPS) is 20.1. The van der Waals surface area contributed by atoms with Gasteiger partial charge in [-0.15, -0.1) is 0 Å². The van der Waals surface area contributed by atoms with E-state index in [0.717, 1.165) is 17.2 Å². The van der Waals surface area contributed by atoms with E-state index < -0.39 is 0 Å². The first-order valence-electron chi connectivity index (χ1n) is 7.80. The van der Waals surface area contributed by atoms with Crippen molar-refractivity contribution in [2.24, 2.45) is 0 Å². The molecule has 0 bridgehead atoms. The number of ether oxygens (including phenoxy) is 1. The SMILES string of the molecule is CCOC(=O)CN1C(=S)N[C@@H](c2ccccn2)[C@@H]1c1ccc(C)o1. The van der Waals surface area contributed by atoms with Crippen LogP contribution in [0.15, 0.2) is 40.9 Å². The van der Waals surface area contributed by atoms with Crippen LogP contribution in [-0.4, -0.2) is 34.1 Å². The first kappa shape index (κ1) is 16.4. The lowest BCUT2D eigenvalue weighted by molar-refractivity contribution is -0.143. The molecular formula is C17H19N3O3S. The second kappa shape index (κ2) is 7.00. The van der Waals surface area contributed by atoms with Gasteiger partial charge in [0, 0.05) is 6.20 Å². The molecular weight excluding hydrogens is 326 g/mol. The Bertz CT molecular complexity index is 732. The van der Waals surface area contributed by atoms with Gasteiger partial charge in [-0.1, -0.05) is 6.07 Å². The summed E-state index contributed by atoms with van der Waals surface area (Å²) in [5.74, 6) is 1.22. The Kier molecular flexibility index (Phi) is 4.80. The van der Waals surface area contributed by atoms with Crippen molar-refractivity contribution in [3.05, 3.63) is 53.7 Å². The molecule has 0 amide bonds. The lowest BCUT2D eigenvalue weighted by Gasteiger charge is -2.25. The Balaban J connectivity index is 1.95. The zero-order valence-corrected chi connectivity index (χ0v) is 14.4. The van der Waals surface area contributed by atoms with Gasteiger partial charge in [-0.2, -0.15) is 0 Å². The minimum absolute atomic E-state index is 0.0629. The smallest absolute Gasteiger partial charge is 0.325 e. The van der Waals surface area contributed by atoms with E-state index in [1.165, 1.54) is 0 Å². The van der Waals surface area contributed by atoms with Crippen LogP contribution in [0.5, 0.6) is 0 Å². The molecule has 0 unspecified atom stereocenters. The van der Waals surface area contributed by atoms with Crippen molar-refractivity contribution in [3.63, 3.8) is 0 Å². The van der Waals surface area contributed by atoms with E-state index in [2.05, 4.69) is 10.3 Å². The molecule has 3 rings (SSSR count). The topological polar surface area (TPSA) is 67.6 Å². The van der Waals surface area contributed by atoms with Crippen LogP contribution in [0.3, 0.4) is 0 Å². The van der Waals surface area contributed by atoms with Crippen molar-refractivity contribution in [1.29, 1.82) is 0 Å². The largest absolute Gasteiger partial charge is 0.465 e. The lowest BCUT2D eigenvalue weighted by atomic mass is 10.0. The maximum Gasteiger partial charge on any atom is 0.325 e. The summed E-state index contributed by atoms with van der Waals surface area (Å²) in [6, 6.07) is 9.06. The monoisotopic (exact) mass is 345 g/mol. The van der Waals surface area contributed by atoms with Gasteiger partial charge in [0.05, 0.1) is 18.3 Å². The first-order valence-corrected chi connectivity index (χ1v) is 8.21. The molecule has 0 aliphatic carbocycles. The highest BCUT2D eigenvalue weighted by molar-refractivity contribution is 7.80. The summed E-state index contributed by atoms with van der Waals surface area (Å²) in [6.45, 7) is 4.06. The molecule has 0 radical (unpaired) electrons. The maximum atomic E-state index is 12.0. The van der Waals surface area contributed by atoms with Gasteiger partial charge in [0.2, 0.25) is 0 Å². The number of pyridine rings is 1. The average molecular weight is 345 g/mol. The lowest BCUT2D eigenvalue weighted by Crippen LogP contribution is -2.35. The van der Waals surface area contributed by atoms with Gasteiger partial charge in [-0.25, -0.2) is 0 Å². The fourth-order valence-electron chi connectivity index (χ4n) is 2.84. The molecule has 0 aromatic carbocycles. The minimum atomic E-state index is -0.323. The van der Waals surface area contributed by atoms with Crippen molar-refractivity contribution in [2.45, 2.75) is 25.9 Å². The second-order valence-corrected chi connectivity index (χ2v) is 5.89. The second-order valence-electron chi connectivity index (χ2n) is 5.51. The molecule has 2 atom stereocenters. The summed E-state index contributed by atoms with van der Waals surface area (Å²) in [5, 5.41) is 3.74. The number of nitrogens with one attached hydrogen (secondary N) is 1. The van der Waals surface area contributed by atoms with Gasteiger partial charge in [0.15, 0.2) is 5.11 Å². The van der Waals surface area contributed by atoms with Crippen LogP contribution in [0, 0.1) is 6.92 Å². The third kappa shape index (κ3) is 3.26. The molecule has 0 saturated carbocycles. The maximum absolute atomic E-state index is 12.0. The van der Waals surface area contributed by atoms with E-state index in [-0.39, 0.29) is 24.6 Å². The molecule has 1 N–H and O–H groups in total. The molecule has 24 heavy (non-hydrogen) atoms. The Morgan fingerprint density at radius 2 is 2.25 bits per heavy atom. The van der Waals surface area contributed by atoms with Crippen LogP contribution in [-0.2, 0) is 9.53 Å². The summed E-state index contributed by atoms with van der Waals surface area (Å²) in [5.41, 5.74) is 0.838. The van der Waals surface area contributed by atoms with Gasteiger partial charge >= 0.3 is 5.97 Å². The molecule has 2 aromatic heterocycles. The minimum Gasteiger partial charge on any atom is -0.465 e. The van der Waals surface area contributed by atoms with E-state index in [4.69, 9.17) is 21.4 Å². The predicted octanol–water partition coefficient (Wildman–Crippen LogP) is 2.52. The van der Waals surface area contributed by atoms with Crippen LogP contribution in [0.4, 0.5) is 0 Å². The summed E-state index contributed by atoms with van der Waals surface area (Å²) >= 11 is 5.44. The number of carbonyl (C=O) groups is 1. The zero-order valence-electron chi connectivity index (χ0n) is 13.6. The number of carbonyl (C=O) groups excluding carboxylic acids is 1. The van der Waals surface area contributed by atoms with E-state index in [1.807, 2.05) is 37.3 Å². The number of nitrogens with zero attached hydrogens (tertiary/aromatic N) is 2. The number of rotatable bonds is 5. The van der Waals surface area contributed by atoms with Crippen molar-refractivity contribution in [1.82, 2.24) is 15.2 Å². The summed E-state index contributed by atoms with van der Waals surface area (Å²) in [4.78, 5) is 18.2. The van der Waals surface area contributed by atoms with E-state index in [9.17, 15) is 4.79 Å². The highest BCUT2D eigenvalue weighted by atomic mass is 32.1. The first-order chi connectivity index (χ1) is 11.6. The number of aryl methyl sites for hydroxylation is 1.